The van der Waals surface area contributed by atoms with Gasteiger partial charge in [-0.15, -0.1) is 0 Å². The van der Waals surface area contributed by atoms with E-state index in [9.17, 15) is 9.90 Å². The Balaban J connectivity index is 1.61. The van der Waals surface area contributed by atoms with Crippen LogP contribution in [-0.4, -0.2) is 82.1 Å². The molecule has 10 heteroatoms. The zero-order valence-corrected chi connectivity index (χ0v) is 19.7. The van der Waals surface area contributed by atoms with Crippen LogP contribution in [0.2, 0.25) is 0 Å². The second-order valence-electron chi connectivity index (χ2n) is 8.35. The Labute approximate surface area is 198 Å². The highest BCUT2D eigenvalue weighted by molar-refractivity contribution is 5.80. The summed E-state index contributed by atoms with van der Waals surface area (Å²) in [4.78, 5) is 28.9. The molecule has 0 amide bonds. The molecule has 2 N–H and O–H groups in total. The first kappa shape index (κ1) is 24.1. The molecule has 1 unspecified atom stereocenters. The molecular weight excluding hydrogens is 436 g/mol. The largest absolute Gasteiger partial charge is 0.481 e. The number of aliphatic hydroxyl groups excluding tert-OH is 1. The SMILES string of the molecule is CCCOCCn1c(=O)c(NCCN2CCC(O)C2)nc2cnc(-c3ccc(OC)nc3)cc21. The van der Waals surface area contributed by atoms with Crippen LogP contribution in [0.15, 0.2) is 35.4 Å². The highest BCUT2D eigenvalue weighted by atomic mass is 16.5. The summed E-state index contributed by atoms with van der Waals surface area (Å²) in [5.74, 6) is 0.818. The number of fused-ring (bicyclic) bond motifs is 1. The maximum atomic E-state index is 13.3. The predicted molar refractivity (Wildman–Crippen MR) is 130 cm³/mol. The minimum Gasteiger partial charge on any atom is -0.481 e. The molecule has 34 heavy (non-hydrogen) atoms. The number of aromatic nitrogens is 4. The lowest BCUT2D eigenvalue weighted by atomic mass is 10.2. The van der Waals surface area contributed by atoms with E-state index >= 15 is 0 Å². The average molecular weight is 469 g/mol. The van der Waals surface area contributed by atoms with Gasteiger partial charge in [0.2, 0.25) is 5.88 Å². The topological polar surface area (TPSA) is 115 Å². The third-order valence-electron chi connectivity index (χ3n) is 5.85. The summed E-state index contributed by atoms with van der Waals surface area (Å²) in [7, 11) is 1.57. The average Bonchev–Trinajstić information content (AvgIpc) is 3.28. The van der Waals surface area contributed by atoms with Crippen molar-refractivity contribution in [2.75, 3.05) is 51.8 Å². The summed E-state index contributed by atoms with van der Waals surface area (Å²) in [6.07, 6.45) is 4.82. The van der Waals surface area contributed by atoms with Gasteiger partial charge in [0.25, 0.3) is 5.56 Å². The molecule has 0 saturated carbocycles. The van der Waals surface area contributed by atoms with E-state index in [1.54, 1.807) is 30.1 Å². The van der Waals surface area contributed by atoms with Gasteiger partial charge in [-0.25, -0.2) is 9.97 Å². The lowest BCUT2D eigenvalue weighted by Crippen LogP contribution is -2.31. The van der Waals surface area contributed by atoms with E-state index in [1.165, 1.54) is 0 Å². The first-order valence-electron chi connectivity index (χ1n) is 11.7. The normalized spacial score (nSPS) is 16.3. The first-order valence-corrected chi connectivity index (χ1v) is 11.7. The molecule has 10 nitrogen and oxygen atoms in total. The number of nitrogens with one attached hydrogen (secondary N) is 1. The molecule has 3 aromatic heterocycles. The fourth-order valence-corrected chi connectivity index (χ4v) is 4.04. The van der Waals surface area contributed by atoms with Gasteiger partial charge in [0.15, 0.2) is 5.82 Å². The van der Waals surface area contributed by atoms with Crippen molar-refractivity contribution in [3.05, 3.63) is 40.9 Å². The minimum atomic E-state index is -0.264. The van der Waals surface area contributed by atoms with Gasteiger partial charge >= 0.3 is 0 Å². The van der Waals surface area contributed by atoms with Gasteiger partial charge in [-0.2, -0.15) is 0 Å². The quantitative estimate of drug-likeness (QED) is 0.406. The number of nitrogens with zero attached hydrogens (tertiary/aromatic N) is 5. The first-order chi connectivity index (χ1) is 16.6. The Kier molecular flexibility index (Phi) is 8.04. The zero-order valence-electron chi connectivity index (χ0n) is 19.7. The fourth-order valence-electron chi connectivity index (χ4n) is 4.04. The summed E-state index contributed by atoms with van der Waals surface area (Å²) in [5.41, 5.74) is 2.64. The van der Waals surface area contributed by atoms with Crippen LogP contribution in [0.4, 0.5) is 5.82 Å². The maximum absolute atomic E-state index is 13.3. The number of hydrogen-bond donors (Lipinski definition) is 2. The van der Waals surface area contributed by atoms with Crippen molar-refractivity contribution in [3.8, 4) is 17.1 Å². The molecule has 4 rings (SSSR count). The Bertz CT molecular complexity index is 1150. The molecule has 1 saturated heterocycles. The summed E-state index contributed by atoms with van der Waals surface area (Å²) < 4.78 is 12.5. The second-order valence-corrected chi connectivity index (χ2v) is 8.35. The van der Waals surface area contributed by atoms with Crippen LogP contribution >= 0.6 is 0 Å². The molecule has 0 spiro atoms. The van der Waals surface area contributed by atoms with Gasteiger partial charge in [-0.1, -0.05) is 6.92 Å². The lowest BCUT2D eigenvalue weighted by Gasteiger charge is -2.17. The van der Waals surface area contributed by atoms with Crippen molar-refractivity contribution in [1.82, 2.24) is 24.4 Å². The van der Waals surface area contributed by atoms with Crippen molar-refractivity contribution in [2.45, 2.75) is 32.4 Å². The molecule has 1 fully saturated rings. The third-order valence-corrected chi connectivity index (χ3v) is 5.85. The molecule has 0 aromatic carbocycles. The van der Waals surface area contributed by atoms with Crippen LogP contribution in [0, 0.1) is 0 Å². The molecule has 1 aliphatic rings. The van der Waals surface area contributed by atoms with E-state index in [-0.39, 0.29) is 11.7 Å². The number of hydrogen-bond acceptors (Lipinski definition) is 9. The van der Waals surface area contributed by atoms with E-state index in [1.807, 2.05) is 12.1 Å². The number of aliphatic hydroxyl groups is 1. The molecule has 1 atom stereocenters. The number of pyridine rings is 2. The van der Waals surface area contributed by atoms with E-state index in [4.69, 9.17) is 9.47 Å². The van der Waals surface area contributed by atoms with Gasteiger partial charge in [-0.3, -0.25) is 14.7 Å². The van der Waals surface area contributed by atoms with Crippen LogP contribution in [0.5, 0.6) is 5.88 Å². The Morgan fingerprint density at radius 3 is 2.79 bits per heavy atom. The fraction of sp³-hybridized carbons (Fsp3) is 0.500. The molecule has 3 aromatic rings. The highest BCUT2D eigenvalue weighted by Crippen LogP contribution is 2.22. The smallest absolute Gasteiger partial charge is 0.293 e. The number of likely N-dealkylation sites (tertiary alicyclic amines) is 1. The Morgan fingerprint density at radius 1 is 1.21 bits per heavy atom. The van der Waals surface area contributed by atoms with E-state index in [2.05, 4.69) is 32.1 Å². The molecule has 0 aliphatic carbocycles. The van der Waals surface area contributed by atoms with Gasteiger partial charge < -0.3 is 24.5 Å². The van der Waals surface area contributed by atoms with Gasteiger partial charge in [-0.05, 0) is 25.0 Å². The number of β-amino-alcohol motifs (C(OH)–C–C–N with tert-alkyl or cyclic N) is 1. The Hall–Kier alpha value is -3.08. The van der Waals surface area contributed by atoms with Crippen molar-refractivity contribution >= 4 is 16.9 Å². The van der Waals surface area contributed by atoms with Crippen LogP contribution in [0.1, 0.15) is 19.8 Å². The number of methoxy groups -OCH3 is 1. The van der Waals surface area contributed by atoms with Crippen molar-refractivity contribution in [1.29, 1.82) is 0 Å². The molecule has 1 aliphatic heterocycles. The van der Waals surface area contributed by atoms with Crippen molar-refractivity contribution in [3.63, 3.8) is 0 Å². The zero-order chi connectivity index (χ0) is 23.9. The number of rotatable bonds is 11. The van der Waals surface area contributed by atoms with Gasteiger partial charge in [0.05, 0.1) is 37.2 Å². The predicted octanol–water partition coefficient (Wildman–Crippen LogP) is 1.77. The van der Waals surface area contributed by atoms with E-state index in [0.717, 1.165) is 31.5 Å². The summed E-state index contributed by atoms with van der Waals surface area (Å²) in [6.45, 7) is 6.37. The standard InChI is InChI=1S/C24H32N6O4/c1-3-11-34-12-10-30-21-13-19(17-4-5-22(33-2)27-14-17)26-15-20(21)28-23(24(30)32)25-7-9-29-8-6-18(31)16-29/h4-5,13-15,18,31H,3,6-12,16H2,1-2H3,(H,25,28). The molecule has 0 radical (unpaired) electrons. The minimum absolute atomic E-state index is 0.195. The maximum Gasteiger partial charge on any atom is 0.293 e. The highest BCUT2D eigenvalue weighted by Gasteiger charge is 2.20. The second kappa shape index (κ2) is 11.4. The van der Waals surface area contributed by atoms with E-state index < -0.39 is 0 Å². The molecule has 4 heterocycles. The van der Waals surface area contributed by atoms with Crippen molar-refractivity contribution in [2.24, 2.45) is 0 Å². The van der Waals surface area contributed by atoms with Crippen LogP contribution in [-0.2, 0) is 11.3 Å². The summed E-state index contributed by atoms with van der Waals surface area (Å²) >= 11 is 0. The lowest BCUT2D eigenvalue weighted by molar-refractivity contribution is 0.127. The molecule has 0 bridgehead atoms. The summed E-state index contributed by atoms with van der Waals surface area (Å²) in [5, 5.41) is 12.9. The van der Waals surface area contributed by atoms with Gasteiger partial charge in [0, 0.05) is 57.2 Å². The molecule has 182 valence electrons. The number of anilines is 1. The van der Waals surface area contributed by atoms with E-state index in [0.29, 0.717) is 61.3 Å². The number of ether oxygens (including phenoxy) is 2. The monoisotopic (exact) mass is 468 g/mol. The third kappa shape index (κ3) is 5.69. The summed E-state index contributed by atoms with van der Waals surface area (Å²) in [6, 6.07) is 5.52. The van der Waals surface area contributed by atoms with Crippen LogP contribution < -0.4 is 15.6 Å². The molecular formula is C24H32N6O4. The van der Waals surface area contributed by atoms with Crippen LogP contribution in [0.25, 0.3) is 22.3 Å². The van der Waals surface area contributed by atoms with Crippen LogP contribution in [0.3, 0.4) is 0 Å². The van der Waals surface area contributed by atoms with Gasteiger partial charge in [0.1, 0.15) is 5.52 Å². The van der Waals surface area contributed by atoms with Crippen molar-refractivity contribution < 1.29 is 14.6 Å². The Morgan fingerprint density at radius 2 is 2.09 bits per heavy atom.